The Balaban J connectivity index is 1.73. The highest BCUT2D eigenvalue weighted by Gasteiger charge is 2.15. The second-order valence-electron chi connectivity index (χ2n) is 5.27. The molecule has 0 radical (unpaired) electrons. The van der Waals surface area contributed by atoms with Crippen LogP contribution in [0.15, 0.2) is 54.7 Å². The van der Waals surface area contributed by atoms with E-state index in [1.165, 1.54) is 35.1 Å². The summed E-state index contributed by atoms with van der Waals surface area (Å²) >= 11 is 0. The van der Waals surface area contributed by atoms with Crippen molar-refractivity contribution >= 4 is 5.91 Å². The fourth-order valence-electron chi connectivity index (χ4n) is 2.22. The molecule has 0 aliphatic carbocycles. The van der Waals surface area contributed by atoms with Crippen LogP contribution in [0.5, 0.6) is 0 Å². The minimum Gasteiger partial charge on any atom is -0.344 e. The van der Waals surface area contributed by atoms with Gasteiger partial charge in [0.05, 0.1) is 17.9 Å². The van der Waals surface area contributed by atoms with Crippen molar-refractivity contribution < 1.29 is 13.6 Å². The second kappa shape index (κ2) is 6.57. The molecule has 3 rings (SSSR count). The highest BCUT2D eigenvalue weighted by Crippen LogP contribution is 2.14. The molecule has 3 aromatic rings. The number of hydrogen-bond acceptors (Lipinski definition) is 3. The third-order valence-corrected chi connectivity index (χ3v) is 3.52. The van der Waals surface area contributed by atoms with Crippen molar-refractivity contribution in [3.05, 3.63) is 77.6 Å². The zero-order valence-electron chi connectivity index (χ0n) is 12.8. The van der Waals surface area contributed by atoms with Gasteiger partial charge in [-0.3, -0.25) is 4.79 Å². The number of carbonyl (C=O) groups excluding carboxylic acids is 1. The summed E-state index contributed by atoms with van der Waals surface area (Å²) in [6.45, 7) is 1.78. The number of nitrogens with zero attached hydrogens (tertiary/aromatic N) is 3. The van der Waals surface area contributed by atoms with Crippen LogP contribution in [-0.4, -0.2) is 20.9 Å². The number of benzene rings is 2. The lowest BCUT2D eigenvalue weighted by Gasteiger charge is -2.13. The maximum atomic E-state index is 13.2. The van der Waals surface area contributed by atoms with Gasteiger partial charge >= 0.3 is 0 Å². The van der Waals surface area contributed by atoms with Crippen LogP contribution >= 0.6 is 0 Å². The number of nitrogens with one attached hydrogen (secondary N) is 1. The highest BCUT2D eigenvalue weighted by molar-refractivity contribution is 5.92. The first-order chi connectivity index (χ1) is 11.5. The molecule has 5 nitrogen and oxygen atoms in total. The zero-order valence-corrected chi connectivity index (χ0v) is 12.8. The Hall–Kier alpha value is -3.09. The van der Waals surface area contributed by atoms with Gasteiger partial charge in [-0.15, -0.1) is 5.10 Å². The van der Waals surface area contributed by atoms with E-state index in [-0.39, 0.29) is 17.6 Å². The van der Waals surface area contributed by atoms with E-state index in [1.54, 1.807) is 31.2 Å². The predicted molar refractivity (Wildman–Crippen MR) is 83.6 cm³/mol. The van der Waals surface area contributed by atoms with Crippen molar-refractivity contribution in [3.63, 3.8) is 0 Å². The zero-order chi connectivity index (χ0) is 17.1. The maximum absolute atomic E-state index is 13.2. The van der Waals surface area contributed by atoms with Gasteiger partial charge in [0.2, 0.25) is 0 Å². The molecule has 0 aliphatic rings. The van der Waals surface area contributed by atoms with Crippen molar-refractivity contribution in [3.8, 4) is 5.69 Å². The summed E-state index contributed by atoms with van der Waals surface area (Å²) in [5, 5.41) is 10.4. The smallest absolute Gasteiger partial charge is 0.273 e. The molecule has 122 valence electrons. The molecule has 7 heteroatoms. The molecule has 0 bridgehead atoms. The first kappa shape index (κ1) is 15.8. The van der Waals surface area contributed by atoms with E-state index < -0.39 is 11.7 Å². The van der Waals surface area contributed by atoms with Crippen LogP contribution in [0.2, 0.25) is 0 Å². The van der Waals surface area contributed by atoms with Crippen LogP contribution in [0.25, 0.3) is 5.69 Å². The monoisotopic (exact) mass is 328 g/mol. The minimum atomic E-state index is -0.422. The molecule has 1 unspecified atom stereocenters. The number of halogens is 2. The van der Waals surface area contributed by atoms with E-state index in [0.29, 0.717) is 5.69 Å². The fraction of sp³-hybridized carbons (Fsp3) is 0.118. The van der Waals surface area contributed by atoms with Gasteiger partial charge in [-0.1, -0.05) is 23.4 Å². The Labute approximate surface area is 136 Å². The number of aromatic nitrogens is 3. The molecule has 1 N–H and O–H groups in total. The fourth-order valence-corrected chi connectivity index (χ4v) is 2.22. The summed E-state index contributed by atoms with van der Waals surface area (Å²) in [5.74, 6) is -1.16. The first-order valence-electron chi connectivity index (χ1n) is 7.27. The van der Waals surface area contributed by atoms with Crippen molar-refractivity contribution in [1.29, 1.82) is 0 Å². The van der Waals surface area contributed by atoms with Gasteiger partial charge in [0.15, 0.2) is 5.69 Å². The van der Waals surface area contributed by atoms with Crippen molar-refractivity contribution in [2.24, 2.45) is 0 Å². The molecule has 2 aromatic carbocycles. The number of rotatable bonds is 4. The summed E-state index contributed by atoms with van der Waals surface area (Å²) in [6.07, 6.45) is 1.42. The van der Waals surface area contributed by atoms with Crippen LogP contribution < -0.4 is 5.32 Å². The van der Waals surface area contributed by atoms with Crippen LogP contribution in [0.4, 0.5) is 8.78 Å². The third-order valence-electron chi connectivity index (χ3n) is 3.52. The molecular formula is C17H14F2N4O. The molecule has 0 saturated carbocycles. The molecule has 0 aliphatic heterocycles. The second-order valence-corrected chi connectivity index (χ2v) is 5.27. The highest BCUT2D eigenvalue weighted by atomic mass is 19.1. The average Bonchev–Trinajstić information content (AvgIpc) is 3.05. The number of amides is 1. The molecule has 24 heavy (non-hydrogen) atoms. The van der Waals surface area contributed by atoms with Crippen molar-refractivity contribution in [1.82, 2.24) is 20.3 Å². The van der Waals surface area contributed by atoms with Crippen molar-refractivity contribution in [2.45, 2.75) is 13.0 Å². The molecular weight excluding hydrogens is 314 g/mol. The average molecular weight is 328 g/mol. The van der Waals surface area contributed by atoms with Gasteiger partial charge in [0.25, 0.3) is 5.91 Å². The van der Waals surface area contributed by atoms with E-state index in [2.05, 4.69) is 15.6 Å². The maximum Gasteiger partial charge on any atom is 0.273 e. The Morgan fingerprint density at radius 3 is 2.58 bits per heavy atom. The van der Waals surface area contributed by atoms with Gasteiger partial charge < -0.3 is 5.32 Å². The Bertz CT molecular complexity index is 861. The summed E-state index contributed by atoms with van der Waals surface area (Å²) in [7, 11) is 0. The van der Waals surface area contributed by atoms with E-state index in [9.17, 15) is 13.6 Å². The lowest BCUT2D eigenvalue weighted by atomic mass is 10.1. The van der Waals surface area contributed by atoms with Gasteiger partial charge in [-0.2, -0.15) is 0 Å². The Morgan fingerprint density at radius 1 is 1.12 bits per heavy atom. The van der Waals surface area contributed by atoms with E-state index in [1.807, 2.05) is 0 Å². The largest absolute Gasteiger partial charge is 0.344 e. The first-order valence-corrected chi connectivity index (χ1v) is 7.27. The molecule has 1 heterocycles. The summed E-state index contributed by atoms with van der Waals surface area (Å²) < 4.78 is 27.5. The molecule has 0 fully saturated rings. The number of carbonyl (C=O) groups is 1. The molecule has 1 aromatic heterocycles. The lowest BCUT2D eigenvalue weighted by Crippen LogP contribution is -2.27. The summed E-state index contributed by atoms with van der Waals surface area (Å²) in [4.78, 5) is 12.2. The summed E-state index contributed by atoms with van der Waals surface area (Å²) in [5.41, 5.74) is 1.34. The van der Waals surface area contributed by atoms with Gasteiger partial charge in [0, 0.05) is 0 Å². The van der Waals surface area contributed by atoms with E-state index >= 15 is 0 Å². The molecule has 0 saturated heterocycles. The normalized spacial score (nSPS) is 12.0. The quantitative estimate of drug-likeness (QED) is 0.801. The summed E-state index contributed by atoms with van der Waals surface area (Å²) in [6, 6.07) is 11.3. The lowest BCUT2D eigenvalue weighted by molar-refractivity contribution is 0.0934. The topological polar surface area (TPSA) is 59.8 Å². The molecule has 1 atom stereocenters. The standard InChI is InChI=1S/C17H14F2N4O/c1-11(12-5-7-13(18)8-6-12)20-17(24)16-10-23(22-21-16)15-4-2-3-14(19)9-15/h2-11H,1H3,(H,20,24). The van der Waals surface area contributed by atoms with Crippen LogP contribution in [-0.2, 0) is 0 Å². The van der Waals surface area contributed by atoms with E-state index in [4.69, 9.17) is 0 Å². The van der Waals surface area contributed by atoms with Crippen LogP contribution in [0.3, 0.4) is 0 Å². The van der Waals surface area contributed by atoms with Crippen molar-refractivity contribution in [2.75, 3.05) is 0 Å². The minimum absolute atomic E-state index is 0.105. The van der Waals surface area contributed by atoms with Crippen LogP contribution in [0, 0.1) is 11.6 Å². The third kappa shape index (κ3) is 3.45. The molecule has 0 spiro atoms. The van der Waals surface area contributed by atoms with Gasteiger partial charge in [-0.05, 0) is 42.8 Å². The SMILES string of the molecule is CC(NC(=O)c1cn(-c2cccc(F)c2)nn1)c1ccc(F)cc1. The van der Waals surface area contributed by atoms with E-state index in [0.717, 1.165) is 5.56 Å². The number of hydrogen-bond donors (Lipinski definition) is 1. The van der Waals surface area contributed by atoms with Gasteiger partial charge in [0.1, 0.15) is 11.6 Å². The van der Waals surface area contributed by atoms with Gasteiger partial charge in [-0.25, -0.2) is 13.5 Å². The Morgan fingerprint density at radius 2 is 1.88 bits per heavy atom. The van der Waals surface area contributed by atoms with Crippen LogP contribution in [0.1, 0.15) is 29.0 Å². The predicted octanol–water partition coefficient (Wildman–Crippen LogP) is 3.04. The Kier molecular flexibility index (Phi) is 4.33. The molecule has 1 amide bonds.